The van der Waals surface area contributed by atoms with E-state index in [0.717, 1.165) is 33.9 Å². The van der Waals surface area contributed by atoms with Gasteiger partial charge in [0.25, 0.3) is 0 Å². The van der Waals surface area contributed by atoms with E-state index in [2.05, 4.69) is 22.0 Å². The summed E-state index contributed by atoms with van der Waals surface area (Å²) in [5, 5.41) is 8.34. The van der Waals surface area contributed by atoms with Crippen LogP contribution in [-0.4, -0.2) is 89.6 Å². The van der Waals surface area contributed by atoms with Crippen molar-refractivity contribution >= 4 is 50.6 Å². The van der Waals surface area contributed by atoms with Crippen LogP contribution >= 0.6 is 34.9 Å². The molecule has 2 saturated heterocycles. The quantitative estimate of drug-likeness (QED) is 0.438. The summed E-state index contributed by atoms with van der Waals surface area (Å²) >= 11 is 4.74. The normalized spacial score (nSPS) is 23.0. The Morgan fingerprint density at radius 1 is 1.19 bits per heavy atom. The lowest BCUT2D eigenvalue weighted by molar-refractivity contribution is -0.130. The third kappa shape index (κ3) is 6.31. The van der Waals surface area contributed by atoms with Crippen molar-refractivity contribution in [3.05, 3.63) is 0 Å². The lowest BCUT2D eigenvalue weighted by Crippen LogP contribution is -2.52. The van der Waals surface area contributed by atoms with Gasteiger partial charge in [-0.3, -0.25) is 9.69 Å². The highest BCUT2D eigenvalue weighted by molar-refractivity contribution is 8.03. The topological polar surface area (TPSA) is 83.5 Å². The SMILES string of the molecule is CCCCSc1nnc(SCC(=O)N2CCN(C3CCS(=O)(=O)C3)CC2)s1. The van der Waals surface area contributed by atoms with Crippen molar-refractivity contribution in [3.63, 3.8) is 0 Å². The molecule has 11 heteroatoms. The molecule has 1 aromatic heterocycles. The predicted molar refractivity (Wildman–Crippen MR) is 111 cm³/mol. The number of amides is 1. The van der Waals surface area contributed by atoms with Crippen molar-refractivity contribution in [1.82, 2.24) is 20.0 Å². The van der Waals surface area contributed by atoms with Gasteiger partial charge in [0.1, 0.15) is 0 Å². The molecule has 0 aliphatic carbocycles. The number of carbonyl (C=O) groups excluding carboxylic acids is 1. The number of hydrogen-bond donors (Lipinski definition) is 0. The summed E-state index contributed by atoms with van der Waals surface area (Å²) in [5.74, 6) is 2.13. The van der Waals surface area contributed by atoms with Gasteiger partial charge < -0.3 is 4.90 Å². The van der Waals surface area contributed by atoms with Crippen LogP contribution in [0.4, 0.5) is 0 Å². The van der Waals surface area contributed by atoms with E-state index in [4.69, 9.17) is 0 Å². The smallest absolute Gasteiger partial charge is 0.233 e. The molecule has 0 aromatic carbocycles. The number of rotatable bonds is 8. The third-order valence-corrected chi connectivity index (χ3v) is 9.83. The molecule has 1 atom stereocenters. The highest BCUT2D eigenvalue weighted by Crippen LogP contribution is 2.29. The second-order valence-electron chi connectivity index (χ2n) is 6.80. The second-order valence-corrected chi connectivity index (χ2v) is 12.6. The van der Waals surface area contributed by atoms with Crippen molar-refractivity contribution in [2.24, 2.45) is 0 Å². The van der Waals surface area contributed by atoms with Crippen molar-refractivity contribution < 1.29 is 13.2 Å². The summed E-state index contributed by atoms with van der Waals surface area (Å²) < 4.78 is 25.1. The first-order valence-electron chi connectivity index (χ1n) is 9.28. The second kappa shape index (κ2) is 9.91. The minimum absolute atomic E-state index is 0.120. The summed E-state index contributed by atoms with van der Waals surface area (Å²) in [6, 6.07) is 0.131. The maximum atomic E-state index is 12.5. The van der Waals surface area contributed by atoms with Crippen molar-refractivity contribution in [3.8, 4) is 0 Å². The minimum atomic E-state index is -2.86. The van der Waals surface area contributed by atoms with Gasteiger partial charge in [-0.05, 0) is 12.8 Å². The number of nitrogens with zero attached hydrogens (tertiary/aromatic N) is 4. The van der Waals surface area contributed by atoms with Gasteiger partial charge in [-0.1, -0.05) is 48.2 Å². The fraction of sp³-hybridized carbons (Fsp3) is 0.812. The van der Waals surface area contributed by atoms with E-state index in [0.29, 0.717) is 24.6 Å². The van der Waals surface area contributed by atoms with Crippen LogP contribution in [0.5, 0.6) is 0 Å². The van der Waals surface area contributed by atoms with Crippen LogP contribution in [0.25, 0.3) is 0 Å². The molecule has 2 aliphatic heterocycles. The average molecular weight is 451 g/mol. The van der Waals surface area contributed by atoms with Crippen LogP contribution in [0.1, 0.15) is 26.2 Å². The zero-order chi connectivity index (χ0) is 19.3. The Hall–Kier alpha value is -0.360. The summed E-state index contributed by atoms with van der Waals surface area (Å²) in [6.07, 6.45) is 3.07. The van der Waals surface area contributed by atoms with Gasteiger partial charge >= 0.3 is 0 Å². The van der Waals surface area contributed by atoms with E-state index in [9.17, 15) is 13.2 Å². The Balaban J connectivity index is 1.38. The molecule has 0 radical (unpaired) electrons. The van der Waals surface area contributed by atoms with E-state index < -0.39 is 9.84 Å². The van der Waals surface area contributed by atoms with Gasteiger partial charge in [-0.25, -0.2) is 8.42 Å². The van der Waals surface area contributed by atoms with Crippen LogP contribution in [0.2, 0.25) is 0 Å². The molecule has 3 rings (SSSR count). The number of unbranched alkanes of at least 4 members (excludes halogenated alkanes) is 1. The zero-order valence-corrected chi connectivity index (χ0v) is 18.8. The molecule has 152 valence electrons. The molecular formula is C16H26N4O3S4. The third-order valence-electron chi connectivity index (χ3n) is 4.82. The van der Waals surface area contributed by atoms with Crippen LogP contribution in [0.3, 0.4) is 0 Å². The highest BCUT2D eigenvalue weighted by Gasteiger charge is 2.34. The fourth-order valence-electron chi connectivity index (χ4n) is 3.23. The number of aromatic nitrogens is 2. The van der Waals surface area contributed by atoms with E-state index in [1.54, 1.807) is 23.1 Å². The molecule has 2 fully saturated rings. The lowest BCUT2D eigenvalue weighted by atomic mass is 10.2. The predicted octanol–water partition coefficient (Wildman–Crippen LogP) is 1.85. The molecule has 1 unspecified atom stereocenters. The zero-order valence-electron chi connectivity index (χ0n) is 15.5. The van der Waals surface area contributed by atoms with E-state index >= 15 is 0 Å². The molecule has 0 bridgehead atoms. The van der Waals surface area contributed by atoms with E-state index in [1.165, 1.54) is 24.6 Å². The summed E-state index contributed by atoms with van der Waals surface area (Å²) in [4.78, 5) is 16.6. The average Bonchev–Trinajstić information content (AvgIpc) is 3.26. The Labute approximate surface area is 173 Å². The first-order chi connectivity index (χ1) is 13.0. The van der Waals surface area contributed by atoms with E-state index in [-0.39, 0.29) is 17.7 Å². The Kier molecular flexibility index (Phi) is 7.83. The van der Waals surface area contributed by atoms with E-state index in [1.807, 2.05) is 4.90 Å². The molecule has 27 heavy (non-hydrogen) atoms. The van der Waals surface area contributed by atoms with Crippen molar-refractivity contribution in [2.75, 3.05) is 49.2 Å². The highest BCUT2D eigenvalue weighted by atomic mass is 32.2. The number of piperazine rings is 1. The van der Waals surface area contributed by atoms with Gasteiger partial charge in [0.15, 0.2) is 18.5 Å². The van der Waals surface area contributed by atoms with Crippen LogP contribution in [0.15, 0.2) is 8.68 Å². The van der Waals surface area contributed by atoms with Crippen LogP contribution in [-0.2, 0) is 14.6 Å². The van der Waals surface area contributed by atoms with Gasteiger partial charge in [0, 0.05) is 38.0 Å². The Bertz CT molecular complexity index is 732. The molecule has 0 N–H and O–H groups in total. The van der Waals surface area contributed by atoms with Crippen molar-refractivity contribution in [1.29, 1.82) is 0 Å². The standard InChI is InChI=1S/C16H26N4O3S4/c1-2-3-9-24-15-17-18-16(26-15)25-11-14(21)20-7-5-19(6-8-20)13-4-10-27(22,23)12-13/h13H,2-12H2,1H3. The van der Waals surface area contributed by atoms with Gasteiger partial charge in [-0.15, -0.1) is 10.2 Å². The van der Waals surface area contributed by atoms with Crippen LogP contribution in [0, 0.1) is 0 Å². The number of carbonyl (C=O) groups is 1. The first kappa shape index (κ1) is 21.4. The van der Waals surface area contributed by atoms with Crippen LogP contribution < -0.4 is 0 Å². The first-order valence-corrected chi connectivity index (χ1v) is 13.9. The number of thioether (sulfide) groups is 2. The summed E-state index contributed by atoms with van der Waals surface area (Å²) in [6.45, 7) is 5.03. The minimum Gasteiger partial charge on any atom is -0.339 e. The molecule has 1 amide bonds. The largest absolute Gasteiger partial charge is 0.339 e. The fourth-order valence-corrected chi connectivity index (χ4v) is 8.07. The molecule has 0 saturated carbocycles. The van der Waals surface area contributed by atoms with Gasteiger partial charge in [0.2, 0.25) is 5.91 Å². The molecular weight excluding hydrogens is 424 g/mol. The monoisotopic (exact) mass is 450 g/mol. The maximum Gasteiger partial charge on any atom is 0.233 e. The maximum absolute atomic E-state index is 12.5. The molecule has 3 heterocycles. The summed E-state index contributed by atoms with van der Waals surface area (Å²) in [7, 11) is -2.86. The Morgan fingerprint density at radius 3 is 2.52 bits per heavy atom. The molecule has 7 nitrogen and oxygen atoms in total. The lowest BCUT2D eigenvalue weighted by Gasteiger charge is -2.37. The molecule has 1 aromatic rings. The molecule has 0 spiro atoms. The van der Waals surface area contributed by atoms with Gasteiger partial charge in [-0.2, -0.15) is 0 Å². The van der Waals surface area contributed by atoms with Crippen molar-refractivity contribution in [2.45, 2.75) is 40.9 Å². The number of hydrogen-bond acceptors (Lipinski definition) is 9. The van der Waals surface area contributed by atoms with Gasteiger partial charge in [0.05, 0.1) is 17.3 Å². The number of sulfone groups is 1. The Morgan fingerprint density at radius 2 is 1.89 bits per heavy atom. The summed E-state index contributed by atoms with van der Waals surface area (Å²) in [5.41, 5.74) is 0. The molecule has 2 aliphatic rings.